The van der Waals surface area contributed by atoms with Crippen LogP contribution in [0.2, 0.25) is 0 Å². The molecule has 0 saturated carbocycles. The number of aromatic nitrogens is 4. The molecule has 0 aliphatic carbocycles. The molecule has 0 unspecified atom stereocenters. The fourth-order valence-corrected chi connectivity index (χ4v) is 4.01. The minimum atomic E-state index is -0.0917. The smallest absolute Gasteiger partial charge is 0.173 e. The van der Waals surface area contributed by atoms with Crippen LogP contribution in [0.1, 0.15) is 17.4 Å². The normalized spacial score (nSPS) is 15.9. The van der Waals surface area contributed by atoms with Crippen molar-refractivity contribution < 1.29 is 9.47 Å². The Bertz CT molecular complexity index is 924. The van der Waals surface area contributed by atoms with Crippen LogP contribution in [0, 0.1) is 0 Å². The van der Waals surface area contributed by atoms with Gasteiger partial charge >= 0.3 is 0 Å². The van der Waals surface area contributed by atoms with E-state index in [1.54, 1.807) is 14.2 Å². The van der Waals surface area contributed by atoms with E-state index >= 15 is 0 Å². The van der Waals surface area contributed by atoms with Gasteiger partial charge in [0.15, 0.2) is 5.82 Å². The molecule has 1 fully saturated rings. The molecular formula is C22H28N6O2. The van der Waals surface area contributed by atoms with Crippen molar-refractivity contribution in [2.45, 2.75) is 12.6 Å². The standard InChI is InChI=1S/C22H28N6O2/c1-29-17-16-28-22(23-24-25-28)21(19-10-6-7-11-20(19)30-2)27-14-12-26(13-15-27)18-8-4-3-5-9-18/h3-11,21H,12-17H2,1-2H3/t21-/m0/s1. The Balaban J connectivity index is 1.63. The summed E-state index contributed by atoms with van der Waals surface area (Å²) in [6.45, 7) is 4.83. The molecule has 30 heavy (non-hydrogen) atoms. The Morgan fingerprint density at radius 3 is 2.40 bits per heavy atom. The van der Waals surface area contributed by atoms with Crippen molar-refractivity contribution in [1.29, 1.82) is 0 Å². The number of tetrazole rings is 1. The molecule has 4 rings (SSSR count). The highest BCUT2D eigenvalue weighted by Gasteiger charge is 2.32. The first kappa shape index (κ1) is 20.3. The van der Waals surface area contributed by atoms with Crippen LogP contribution < -0.4 is 9.64 Å². The monoisotopic (exact) mass is 408 g/mol. The molecule has 0 bridgehead atoms. The summed E-state index contributed by atoms with van der Waals surface area (Å²) < 4.78 is 12.8. The molecule has 1 atom stereocenters. The van der Waals surface area contributed by atoms with Crippen molar-refractivity contribution >= 4 is 5.69 Å². The third kappa shape index (κ3) is 4.29. The number of hydrogen-bond acceptors (Lipinski definition) is 7. The fourth-order valence-electron chi connectivity index (χ4n) is 4.01. The van der Waals surface area contributed by atoms with Crippen LogP contribution >= 0.6 is 0 Å². The largest absolute Gasteiger partial charge is 0.496 e. The van der Waals surface area contributed by atoms with E-state index in [1.165, 1.54) is 5.69 Å². The molecule has 2 heterocycles. The molecule has 1 aliphatic heterocycles. The molecular weight excluding hydrogens is 380 g/mol. The highest BCUT2D eigenvalue weighted by Crippen LogP contribution is 2.34. The summed E-state index contributed by atoms with van der Waals surface area (Å²) in [5.74, 6) is 1.65. The molecule has 0 amide bonds. The van der Waals surface area contributed by atoms with Crippen molar-refractivity contribution in [2.75, 3.05) is 51.9 Å². The summed E-state index contributed by atoms with van der Waals surface area (Å²) in [5.41, 5.74) is 2.33. The molecule has 1 aliphatic rings. The van der Waals surface area contributed by atoms with Crippen LogP contribution in [0.25, 0.3) is 0 Å². The van der Waals surface area contributed by atoms with E-state index in [-0.39, 0.29) is 6.04 Å². The fraction of sp³-hybridized carbons (Fsp3) is 0.409. The first-order valence-electron chi connectivity index (χ1n) is 10.2. The first-order valence-corrected chi connectivity index (χ1v) is 10.2. The zero-order valence-corrected chi connectivity index (χ0v) is 17.5. The van der Waals surface area contributed by atoms with E-state index in [0.717, 1.165) is 43.3 Å². The highest BCUT2D eigenvalue weighted by molar-refractivity contribution is 5.46. The summed E-state index contributed by atoms with van der Waals surface area (Å²) in [7, 11) is 3.39. The van der Waals surface area contributed by atoms with E-state index in [1.807, 2.05) is 22.9 Å². The Morgan fingerprint density at radius 2 is 1.67 bits per heavy atom. The maximum absolute atomic E-state index is 5.69. The number of para-hydroxylation sites is 2. The molecule has 8 heteroatoms. The van der Waals surface area contributed by atoms with Gasteiger partial charge < -0.3 is 14.4 Å². The Kier molecular flexibility index (Phi) is 6.56. The SMILES string of the molecule is COCCn1nnnc1[C@H](c1ccccc1OC)N1CCN(c2ccccc2)CC1. The van der Waals surface area contributed by atoms with Gasteiger partial charge in [0.25, 0.3) is 0 Å². The number of ether oxygens (including phenoxy) is 2. The second-order valence-corrected chi connectivity index (χ2v) is 7.26. The van der Waals surface area contributed by atoms with Gasteiger partial charge in [0, 0.05) is 44.5 Å². The van der Waals surface area contributed by atoms with Crippen LogP contribution in [0.3, 0.4) is 0 Å². The van der Waals surface area contributed by atoms with Crippen molar-refractivity contribution in [2.24, 2.45) is 0 Å². The average molecular weight is 409 g/mol. The lowest BCUT2D eigenvalue weighted by molar-refractivity contribution is 0.171. The van der Waals surface area contributed by atoms with E-state index in [4.69, 9.17) is 9.47 Å². The maximum atomic E-state index is 5.69. The molecule has 0 radical (unpaired) electrons. The molecule has 2 aromatic carbocycles. The molecule has 158 valence electrons. The average Bonchev–Trinajstić information content (AvgIpc) is 3.27. The van der Waals surface area contributed by atoms with Crippen LogP contribution in [-0.4, -0.2) is 72.1 Å². The number of hydrogen-bond donors (Lipinski definition) is 0. The molecule has 1 saturated heterocycles. The summed E-state index contributed by atoms with van der Waals surface area (Å²) >= 11 is 0. The van der Waals surface area contributed by atoms with Crippen molar-refractivity contribution in [3.63, 3.8) is 0 Å². The van der Waals surface area contributed by atoms with Gasteiger partial charge in [-0.05, 0) is 28.6 Å². The van der Waals surface area contributed by atoms with Gasteiger partial charge in [0.1, 0.15) is 11.8 Å². The van der Waals surface area contributed by atoms with Crippen LogP contribution in [-0.2, 0) is 11.3 Å². The third-order valence-corrected chi connectivity index (χ3v) is 5.55. The number of methoxy groups -OCH3 is 2. The van der Waals surface area contributed by atoms with Crippen molar-refractivity contribution in [3.05, 3.63) is 66.0 Å². The van der Waals surface area contributed by atoms with E-state index in [0.29, 0.717) is 13.2 Å². The molecule has 0 spiro atoms. The van der Waals surface area contributed by atoms with Crippen LogP contribution in [0.4, 0.5) is 5.69 Å². The first-order chi connectivity index (χ1) is 14.8. The number of benzene rings is 2. The number of rotatable bonds is 8. The second kappa shape index (κ2) is 9.69. The van der Waals surface area contributed by atoms with Gasteiger partial charge in [-0.25, -0.2) is 4.68 Å². The lowest BCUT2D eigenvalue weighted by atomic mass is 10.0. The van der Waals surface area contributed by atoms with Gasteiger partial charge in [-0.1, -0.05) is 36.4 Å². The number of piperazine rings is 1. The Labute approximate surface area is 177 Å². The van der Waals surface area contributed by atoms with Gasteiger partial charge in [-0.2, -0.15) is 0 Å². The van der Waals surface area contributed by atoms with Gasteiger partial charge in [-0.15, -0.1) is 5.10 Å². The summed E-state index contributed by atoms with van der Waals surface area (Å²) in [6.07, 6.45) is 0. The van der Waals surface area contributed by atoms with Gasteiger partial charge in [0.2, 0.25) is 0 Å². The maximum Gasteiger partial charge on any atom is 0.173 e. The summed E-state index contributed by atoms with van der Waals surface area (Å²) in [4.78, 5) is 4.86. The van der Waals surface area contributed by atoms with E-state index in [9.17, 15) is 0 Å². The van der Waals surface area contributed by atoms with Crippen molar-refractivity contribution in [1.82, 2.24) is 25.1 Å². The highest BCUT2D eigenvalue weighted by atomic mass is 16.5. The lowest BCUT2D eigenvalue weighted by Crippen LogP contribution is -2.48. The zero-order chi connectivity index (χ0) is 20.8. The number of anilines is 1. The molecule has 3 aromatic rings. The Hall–Kier alpha value is -2.97. The second-order valence-electron chi connectivity index (χ2n) is 7.26. The van der Waals surface area contributed by atoms with Crippen LogP contribution in [0.5, 0.6) is 5.75 Å². The molecule has 8 nitrogen and oxygen atoms in total. The molecule has 0 N–H and O–H groups in total. The van der Waals surface area contributed by atoms with Crippen molar-refractivity contribution in [3.8, 4) is 5.75 Å². The topological polar surface area (TPSA) is 68.5 Å². The lowest BCUT2D eigenvalue weighted by Gasteiger charge is -2.40. The summed E-state index contributed by atoms with van der Waals surface area (Å²) in [6, 6.07) is 18.6. The van der Waals surface area contributed by atoms with Crippen LogP contribution in [0.15, 0.2) is 54.6 Å². The number of nitrogens with zero attached hydrogens (tertiary/aromatic N) is 6. The third-order valence-electron chi connectivity index (χ3n) is 5.55. The van der Waals surface area contributed by atoms with E-state index < -0.39 is 0 Å². The predicted octanol–water partition coefficient (Wildman–Crippen LogP) is 2.24. The quantitative estimate of drug-likeness (QED) is 0.566. The predicted molar refractivity (Wildman–Crippen MR) is 115 cm³/mol. The molecule has 1 aromatic heterocycles. The van der Waals surface area contributed by atoms with Gasteiger partial charge in [-0.3, -0.25) is 4.90 Å². The minimum absolute atomic E-state index is 0.0917. The zero-order valence-electron chi connectivity index (χ0n) is 17.5. The van der Waals surface area contributed by atoms with E-state index in [2.05, 4.69) is 61.7 Å². The summed E-state index contributed by atoms with van der Waals surface area (Å²) in [5, 5.41) is 12.6. The Morgan fingerprint density at radius 1 is 0.933 bits per heavy atom. The minimum Gasteiger partial charge on any atom is -0.496 e. The van der Waals surface area contributed by atoms with Gasteiger partial charge in [0.05, 0.1) is 20.3 Å².